The number of aliphatic hydroxyl groups is 1. The summed E-state index contributed by atoms with van der Waals surface area (Å²) >= 11 is 5.82. The second-order valence-electron chi connectivity index (χ2n) is 4.45. The van der Waals surface area contributed by atoms with Crippen LogP contribution >= 0.6 is 11.6 Å². The number of halogens is 1. The summed E-state index contributed by atoms with van der Waals surface area (Å²) in [5.74, 6) is -0.272. The lowest BCUT2D eigenvalue weighted by atomic mass is 10.1. The van der Waals surface area contributed by atoms with E-state index >= 15 is 0 Å². The van der Waals surface area contributed by atoms with Gasteiger partial charge in [-0.15, -0.1) is 0 Å². The molecule has 1 aromatic carbocycles. The summed E-state index contributed by atoms with van der Waals surface area (Å²) in [7, 11) is 0. The molecule has 0 saturated carbocycles. The van der Waals surface area contributed by atoms with E-state index in [0.717, 1.165) is 11.3 Å². The zero-order chi connectivity index (χ0) is 14.5. The monoisotopic (exact) mass is 290 g/mol. The predicted octanol–water partition coefficient (Wildman–Crippen LogP) is 2.51. The highest BCUT2D eigenvalue weighted by Gasteiger charge is 2.15. The van der Waals surface area contributed by atoms with Gasteiger partial charge in [-0.05, 0) is 36.8 Å². The summed E-state index contributed by atoms with van der Waals surface area (Å²) in [4.78, 5) is 16.2. The predicted molar refractivity (Wildman–Crippen MR) is 77.7 cm³/mol. The molecule has 0 saturated heterocycles. The zero-order valence-corrected chi connectivity index (χ0v) is 11.8. The molecular weight excluding hydrogens is 276 g/mol. The largest absolute Gasteiger partial charge is 0.394 e. The molecule has 2 aromatic rings. The van der Waals surface area contributed by atoms with Gasteiger partial charge in [-0.25, -0.2) is 0 Å². The first-order valence-electron chi connectivity index (χ1n) is 6.20. The number of carbonyl (C=O) groups excluding carboxylic acids is 1. The Morgan fingerprint density at radius 1 is 1.30 bits per heavy atom. The van der Waals surface area contributed by atoms with Crippen molar-refractivity contribution < 1.29 is 9.90 Å². The van der Waals surface area contributed by atoms with Gasteiger partial charge in [0.25, 0.3) is 5.91 Å². The van der Waals surface area contributed by atoms with Crippen LogP contribution in [0.5, 0.6) is 0 Å². The van der Waals surface area contributed by atoms with Crippen molar-refractivity contribution in [3.8, 4) is 0 Å². The normalized spacial score (nSPS) is 11.9. The van der Waals surface area contributed by atoms with Crippen LogP contribution in [0.1, 0.15) is 27.7 Å². The van der Waals surface area contributed by atoms with Gasteiger partial charge in [0.05, 0.1) is 18.2 Å². The Hall–Kier alpha value is -1.91. The maximum atomic E-state index is 12.1. The second-order valence-corrected chi connectivity index (χ2v) is 4.88. The molecule has 1 aromatic heterocycles. The Kier molecular flexibility index (Phi) is 4.71. The number of benzene rings is 1. The van der Waals surface area contributed by atoms with Gasteiger partial charge in [0.15, 0.2) is 0 Å². The molecular formula is C15H15ClN2O2. The van der Waals surface area contributed by atoms with E-state index < -0.39 is 6.04 Å². The van der Waals surface area contributed by atoms with E-state index in [4.69, 9.17) is 11.6 Å². The molecule has 0 bridgehead atoms. The zero-order valence-electron chi connectivity index (χ0n) is 11.0. The highest BCUT2D eigenvalue weighted by molar-refractivity contribution is 6.30. The molecule has 0 radical (unpaired) electrons. The number of nitrogens with zero attached hydrogens (tertiary/aromatic N) is 1. The smallest absolute Gasteiger partial charge is 0.253 e. The molecule has 1 heterocycles. The Morgan fingerprint density at radius 3 is 2.55 bits per heavy atom. The van der Waals surface area contributed by atoms with E-state index in [-0.39, 0.29) is 12.5 Å². The van der Waals surface area contributed by atoms with Gasteiger partial charge in [-0.1, -0.05) is 23.7 Å². The minimum absolute atomic E-state index is 0.188. The molecule has 0 aliphatic carbocycles. The summed E-state index contributed by atoms with van der Waals surface area (Å²) in [6, 6.07) is 9.99. The maximum Gasteiger partial charge on any atom is 0.253 e. The number of nitrogens with one attached hydrogen (secondary N) is 1. The van der Waals surface area contributed by atoms with Crippen molar-refractivity contribution >= 4 is 17.5 Å². The molecule has 2 N–H and O–H groups in total. The van der Waals surface area contributed by atoms with Crippen molar-refractivity contribution in [1.29, 1.82) is 0 Å². The summed E-state index contributed by atoms with van der Waals surface area (Å²) in [5, 5.41) is 12.8. The average molecular weight is 291 g/mol. The number of aliphatic hydroxyl groups excluding tert-OH is 1. The summed E-state index contributed by atoms with van der Waals surface area (Å²) in [6.45, 7) is 1.67. The van der Waals surface area contributed by atoms with E-state index in [1.165, 1.54) is 6.20 Å². The number of hydrogen-bond donors (Lipinski definition) is 2. The third-order valence-electron chi connectivity index (χ3n) is 2.93. The molecule has 0 aliphatic rings. The van der Waals surface area contributed by atoms with Gasteiger partial charge < -0.3 is 10.4 Å². The van der Waals surface area contributed by atoms with Crippen molar-refractivity contribution in [3.63, 3.8) is 0 Å². The van der Waals surface area contributed by atoms with Gasteiger partial charge in [0.1, 0.15) is 0 Å². The Balaban J connectivity index is 2.11. The first kappa shape index (κ1) is 14.5. The molecule has 0 aliphatic heterocycles. The SMILES string of the molecule is Cc1ccc(C(=O)NC(CO)c2ccc(Cl)cc2)cn1. The van der Waals surface area contributed by atoms with Crippen LogP contribution < -0.4 is 5.32 Å². The molecule has 1 amide bonds. The van der Waals surface area contributed by atoms with Gasteiger partial charge >= 0.3 is 0 Å². The molecule has 4 nitrogen and oxygen atoms in total. The minimum atomic E-state index is -0.471. The Bertz CT molecular complexity index is 582. The fraction of sp³-hybridized carbons (Fsp3) is 0.200. The van der Waals surface area contributed by atoms with Crippen molar-refractivity contribution in [3.05, 3.63) is 64.4 Å². The second kappa shape index (κ2) is 6.50. The molecule has 0 spiro atoms. The van der Waals surface area contributed by atoms with Gasteiger partial charge in [-0.3, -0.25) is 9.78 Å². The quantitative estimate of drug-likeness (QED) is 0.909. The molecule has 104 valence electrons. The van der Waals surface area contributed by atoms with Crippen LogP contribution in [0.3, 0.4) is 0 Å². The topological polar surface area (TPSA) is 62.2 Å². The molecule has 1 unspecified atom stereocenters. The van der Waals surface area contributed by atoms with Crippen molar-refractivity contribution in [2.75, 3.05) is 6.61 Å². The highest BCUT2D eigenvalue weighted by atomic mass is 35.5. The minimum Gasteiger partial charge on any atom is -0.394 e. The van der Waals surface area contributed by atoms with Crippen LogP contribution in [0.2, 0.25) is 5.02 Å². The first-order chi connectivity index (χ1) is 9.60. The van der Waals surface area contributed by atoms with E-state index in [1.807, 2.05) is 6.92 Å². The lowest BCUT2D eigenvalue weighted by molar-refractivity contribution is 0.0916. The highest BCUT2D eigenvalue weighted by Crippen LogP contribution is 2.16. The number of aromatic nitrogens is 1. The van der Waals surface area contributed by atoms with Gasteiger partial charge in [0.2, 0.25) is 0 Å². The van der Waals surface area contributed by atoms with Crippen molar-refractivity contribution in [2.24, 2.45) is 0 Å². The fourth-order valence-corrected chi connectivity index (χ4v) is 1.90. The number of amides is 1. The van der Waals surface area contributed by atoms with Crippen LogP contribution in [0.25, 0.3) is 0 Å². The van der Waals surface area contributed by atoms with Crippen molar-refractivity contribution in [2.45, 2.75) is 13.0 Å². The third-order valence-corrected chi connectivity index (χ3v) is 3.19. The third kappa shape index (κ3) is 3.56. The lowest BCUT2D eigenvalue weighted by Gasteiger charge is -2.16. The summed E-state index contributed by atoms with van der Waals surface area (Å²) < 4.78 is 0. The number of rotatable bonds is 4. The van der Waals surface area contributed by atoms with Crippen LogP contribution in [0, 0.1) is 6.92 Å². The number of carbonyl (C=O) groups is 1. The molecule has 2 rings (SSSR count). The van der Waals surface area contributed by atoms with Crippen LogP contribution in [0.4, 0.5) is 0 Å². The van der Waals surface area contributed by atoms with Crippen LogP contribution in [0.15, 0.2) is 42.6 Å². The molecule has 0 fully saturated rings. The van der Waals surface area contributed by atoms with E-state index in [1.54, 1.807) is 36.4 Å². The molecule has 5 heteroatoms. The Labute approximate surface area is 122 Å². The van der Waals surface area contributed by atoms with E-state index in [0.29, 0.717) is 10.6 Å². The van der Waals surface area contributed by atoms with Gasteiger partial charge in [-0.2, -0.15) is 0 Å². The van der Waals surface area contributed by atoms with Gasteiger partial charge in [0, 0.05) is 16.9 Å². The van der Waals surface area contributed by atoms with E-state index in [9.17, 15) is 9.90 Å². The number of pyridine rings is 1. The van der Waals surface area contributed by atoms with Crippen LogP contribution in [-0.2, 0) is 0 Å². The first-order valence-corrected chi connectivity index (χ1v) is 6.58. The summed E-state index contributed by atoms with van der Waals surface area (Å²) in [5.41, 5.74) is 2.10. The fourth-order valence-electron chi connectivity index (χ4n) is 1.77. The van der Waals surface area contributed by atoms with Crippen LogP contribution in [-0.4, -0.2) is 22.6 Å². The van der Waals surface area contributed by atoms with E-state index in [2.05, 4.69) is 10.3 Å². The molecule has 20 heavy (non-hydrogen) atoms. The maximum absolute atomic E-state index is 12.1. The summed E-state index contributed by atoms with van der Waals surface area (Å²) in [6.07, 6.45) is 1.51. The lowest BCUT2D eigenvalue weighted by Crippen LogP contribution is -2.30. The average Bonchev–Trinajstić information content (AvgIpc) is 2.46. The standard InChI is InChI=1S/C15H15ClN2O2/c1-10-2-3-12(8-17-10)15(20)18-14(9-19)11-4-6-13(16)7-5-11/h2-8,14,19H,9H2,1H3,(H,18,20). The molecule has 1 atom stereocenters. The van der Waals surface area contributed by atoms with Crippen molar-refractivity contribution in [1.82, 2.24) is 10.3 Å². The number of hydrogen-bond acceptors (Lipinski definition) is 3. The Morgan fingerprint density at radius 2 is 2.00 bits per heavy atom. The number of aryl methyl sites for hydroxylation is 1.